The summed E-state index contributed by atoms with van der Waals surface area (Å²) in [7, 11) is 0. The number of hydrogen-bond donors (Lipinski definition) is 2. The molecule has 0 aromatic heterocycles. The molecule has 0 spiro atoms. The van der Waals surface area contributed by atoms with Gasteiger partial charge >= 0.3 is 6.03 Å². The van der Waals surface area contributed by atoms with Crippen LogP contribution in [0.4, 0.5) is 14.9 Å². The van der Waals surface area contributed by atoms with Crippen LogP contribution in [-0.4, -0.2) is 54.0 Å². The van der Waals surface area contributed by atoms with E-state index in [4.69, 9.17) is 0 Å². The third-order valence-electron chi connectivity index (χ3n) is 6.32. The van der Waals surface area contributed by atoms with Gasteiger partial charge in [0, 0.05) is 37.8 Å². The van der Waals surface area contributed by atoms with Crippen LogP contribution in [0.2, 0.25) is 0 Å². The Kier molecular flexibility index (Phi) is 4.96. The molecule has 2 atom stereocenters. The van der Waals surface area contributed by atoms with Crippen molar-refractivity contribution in [3.8, 4) is 0 Å². The largest absolute Gasteiger partial charge is 0.365 e. The lowest BCUT2D eigenvalue weighted by Gasteiger charge is -2.41. The number of imide groups is 1. The Hall–Kier alpha value is -2.64. The topological polar surface area (TPSA) is 81.8 Å². The molecule has 29 heavy (non-hydrogen) atoms. The lowest BCUT2D eigenvalue weighted by Crippen LogP contribution is -2.54. The predicted molar refractivity (Wildman–Crippen MR) is 106 cm³/mol. The van der Waals surface area contributed by atoms with E-state index in [1.54, 1.807) is 0 Å². The van der Waals surface area contributed by atoms with Gasteiger partial charge in [0.15, 0.2) is 0 Å². The highest BCUT2D eigenvalue weighted by Crippen LogP contribution is 2.43. The minimum Gasteiger partial charge on any atom is -0.365 e. The number of hydrogen-bond acceptors (Lipinski definition) is 4. The first-order chi connectivity index (χ1) is 13.8. The Balaban J connectivity index is 1.37. The Labute approximate surface area is 169 Å². The maximum atomic E-state index is 13.8. The van der Waals surface area contributed by atoms with Gasteiger partial charge in [-0.05, 0) is 62.8 Å². The molecule has 0 radical (unpaired) electrons. The van der Waals surface area contributed by atoms with E-state index in [0.717, 1.165) is 24.1 Å². The molecule has 2 aliphatic heterocycles. The number of rotatable bonds is 5. The molecule has 1 saturated carbocycles. The molecule has 8 heteroatoms. The quantitative estimate of drug-likeness (QED) is 0.738. The smallest absolute Gasteiger partial charge is 0.322 e. The first-order valence-electron chi connectivity index (χ1n) is 10.2. The highest BCUT2D eigenvalue weighted by Gasteiger charge is 2.55. The summed E-state index contributed by atoms with van der Waals surface area (Å²) in [6.45, 7) is 5.61. The number of amides is 4. The van der Waals surface area contributed by atoms with Crippen LogP contribution in [0.25, 0.3) is 0 Å². The molecule has 2 N–H and O–H groups in total. The highest BCUT2D eigenvalue weighted by atomic mass is 19.1. The molecule has 1 aromatic carbocycles. The molecule has 2 heterocycles. The van der Waals surface area contributed by atoms with Gasteiger partial charge in [0.1, 0.15) is 11.4 Å². The Bertz CT molecular complexity index is 836. The van der Waals surface area contributed by atoms with Crippen LogP contribution in [0.15, 0.2) is 18.2 Å². The van der Waals surface area contributed by atoms with E-state index in [2.05, 4.69) is 15.5 Å². The molecule has 156 valence electrons. The SMILES string of the molecule is Cc1cc(F)cc(N2CCN(C(=O)CC[C@@]3(C4CC4)NC(=O)NC3=O)C[C@@H]2C)c1. The van der Waals surface area contributed by atoms with Crippen molar-refractivity contribution in [2.24, 2.45) is 5.92 Å². The average Bonchev–Trinajstić information content (AvgIpc) is 3.45. The van der Waals surface area contributed by atoms with Gasteiger partial charge in [-0.2, -0.15) is 0 Å². The number of aryl methyl sites for hydroxylation is 1. The molecule has 0 bridgehead atoms. The van der Waals surface area contributed by atoms with Crippen LogP contribution >= 0.6 is 0 Å². The third kappa shape index (κ3) is 3.80. The molecular weight excluding hydrogens is 375 g/mol. The molecule has 4 rings (SSSR count). The van der Waals surface area contributed by atoms with E-state index >= 15 is 0 Å². The fourth-order valence-corrected chi connectivity index (χ4v) is 4.66. The number of halogens is 1. The second-order valence-electron chi connectivity index (χ2n) is 8.52. The number of carbonyl (C=O) groups excluding carboxylic acids is 3. The second kappa shape index (κ2) is 7.31. The van der Waals surface area contributed by atoms with E-state index in [9.17, 15) is 18.8 Å². The molecule has 3 aliphatic rings. The van der Waals surface area contributed by atoms with Crippen molar-refractivity contribution in [1.29, 1.82) is 0 Å². The minimum atomic E-state index is -0.931. The number of carbonyl (C=O) groups is 3. The molecule has 1 aliphatic carbocycles. The average molecular weight is 402 g/mol. The summed E-state index contributed by atoms with van der Waals surface area (Å²) < 4.78 is 13.8. The van der Waals surface area contributed by atoms with Gasteiger partial charge in [-0.25, -0.2) is 9.18 Å². The van der Waals surface area contributed by atoms with Crippen LogP contribution in [0.5, 0.6) is 0 Å². The fourth-order valence-electron chi connectivity index (χ4n) is 4.66. The Morgan fingerprint density at radius 2 is 2.00 bits per heavy atom. The number of anilines is 1. The third-order valence-corrected chi connectivity index (χ3v) is 6.32. The van der Waals surface area contributed by atoms with E-state index in [1.165, 1.54) is 12.1 Å². The fraction of sp³-hybridized carbons (Fsp3) is 0.571. The van der Waals surface area contributed by atoms with Gasteiger partial charge in [-0.1, -0.05) is 0 Å². The van der Waals surface area contributed by atoms with Crippen molar-refractivity contribution in [3.05, 3.63) is 29.6 Å². The molecule has 2 saturated heterocycles. The summed E-state index contributed by atoms with van der Waals surface area (Å²) in [5, 5.41) is 5.09. The standard InChI is InChI=1S/C21H27FN4O3/c1-13-9-16(22)11-17(10-13)26-8-7-25(12-14(26)2)18(27)5-6-21(15-3-4-15)19(28)23-20(29)24-21/h9-11,14-15H,3-8,12H2,1-2H3,(H2,23,24,28,29)/t14-,21-/m0/s1. The van der Waals surface area contributed by atoms with Crippen LogP contribution in [0, 0.1) is 18.7 Å². The van der Waals surface area contributed by atoms with Crippen LogP contribution in [-0.2, 0) is 9.59 Å². The summed E-state index contributed by atoms with van der Waals surface area (Å²) in [6, 6.07) is 4.57. The lowest BCUT2D eigenvalue weighted by molar-refractivity contribution is -0.133. The van der Waals surface area contributed by atoms with Gasteiger partial charge in [0.2, 0.25) is 5.91 Å². The Morgan fingerprint density at radius 3 is 2.59 bits per heavy atom. The summed E-state index contributed by atoms with van der Waals surface area (Å²) in [5.41, 5.74) is 0.771. The monoisotopic (exact) mass is 402 g/mol. The van der Waals surface area contributed by atoms with Crippen LogP contribution in [0.1, 0.15) is 38.2 Å². The summed E-state index contributed by atoms with van der Waals surface area (Å²) >= 11 is 0. The minimum absolute atomic E-state index is 0.0131. The summed E-state index contributed by atoms with van der Waals surface area (Å²) in [5.74, 6) is -0.458. The number of nitrogens with one attached hydrogen (secondary N) is 2. The van der Waals surface area contributed by atoms with Crippen molar-refractivity contribution >= 4 is 23.5 Å². The van der Waals surface area contributed by atoms with Gasteiger partial charge < -0.3 is 15.1 Å². The molecule has 7 nitrogen and oxygen atoms in total. The number of benzene rings is 1. The van der Waals surface area contributed by atoms with Gasteiger partial charge in [0.25, 0.3) is 5.91 Å². The normalized spacial score (nSPS) is 27.1. The molecule has 4 amide bonds. The highest BCUT2D eigenvalue weighted by molar-refractivity contribution is 6.07. The van der Waals surface area contributed by atoms with Gasteiger partial charge in [-0.15, -0.1) is 0 Å². The van der Waals surface area contributed by atoms with E-state index in [1.807, 2.05) is 24.8 Å². The second-order valence-corrected chi connectivity index (χ2v) is 8.52. The molecular formula is C21H27FN4O3. The first-order valence-corrected chi connectivity index (χ1v) is 10.2. The number of piperazine rings is 1. The molecule has 3 fully saturated rings. The maximum Gasteiger partial charge on any atom is 0.322 e. The van der Waals surface area contributed by atoms with Crippen molar-refractivity contribution in [2.75, 3.05) is 24.5 Å². The molecule has 1 aromatic rings. The van der Waals surface area contributed by atoms with Crippen molar-refractivity contribution in [2.45, 2.75) is 51.1 Å². The predicted octanol–water partition coefficient (Wildman–Crippen LogP) is 1.94. The lowest BCUT2D eigenvalue weighted by atomic mass is 9.87. The number of urea groups is 1. The number of nitrogens with zero attached hydrogens (tertiary/aromatic N) is 2. The van der Waals surface area contributed by atoms with Crippen molar-refractivity contribution in [3.63, 3.8) is 0 Å². The van der Waals surface area contributed by atoms with Crippen molar-refractivity contribution < 1.29 is 18.8 Å². The maximum absolute atomic E-state index is 13.8. The Morgan fingerprint density at radius 1 is 1.24 bits per heavy atom. The summed E-state index contributed by atoms with van der Waals surface area (Å²) in [6.07, 6.45) is 2.33. The summed E-state index contributed by atoms with van der Waals surface area (Å²) in [4.78, 5) is 40.7. The first kappa shape index (κ1) is 19.7. The van der Waals surface area contributed by atoms with Crippen molar-refractivity contribution in [1.82, 2.24) is 15.5 Å². The zero-order valence-corrected chi connectivity index (χ0v) is 16.8. The van der Waals surface area contributed by atoms with E-state index < -0.39 is 11.6 Å². The zero-order valence-electron chi connectivity index (χ0n) is 16.8. The molecule has 0 unspecified atom stereocenters. The van der Waals surface area contributed by atoms with E-state index in [0.29, 0.717) is 26.1 Å². The van der Waals surface area contributed by atoms with Gasteiger partial charge in [-0.3, -0.25) is 14.9 Å². The van der Waals surface area contributed by atoms with Gasteiger partial charge in [0.05, 0.1) is 0 Å². The van der Waals surface area contributed by atoms with Crippen LogP contribution < -0.4 is 15.5 Å². The van der Waals surface area contributed by atoms with Crippen LogP contribution in [0.3, 0.4) is 0 Å². The zero-order chi connectivity index (χ0) is 20.8. The van der Waals surface area contributed by atoms with E-state index in [-0.39, 0.29) is 36.0 Å².